The molecule has 8 rings (SSSR count). The molecule has 1 aromatic heterocycles. The van der Waals surface area contributed by atoms with Gasteiger partial charge in [-0.1, -0.05) is 37.5 Å². The molecule has 0 unspecified atom stereocenters. The molecular formula is C32H37N3O2. The Kier molecular flexibility index (Phi) is 5.63. The molecule has 192 valence electrons. The van der Waals surface area contributed by atoms with E-state index in [1.165, 1.54) is 25.7 Å². The molecule has 0 atom stereocenters. The van der Waals surface area contributed by atoms with E-state index in [-0.39, 0.29) is 23.1 Å². The molecule has 5 heteroatoms. The lowest BCUT2D eigenvalue weighted by atomic mass is 9.49. The minimum atomic E-state index is -0.130. The molecule has 4 bridgehead atoms. The van der Waals surface area contributed by atoms with Crippen LogP contribution >= 0.6 is 0 Å². The summed E-state index contributed by atoms with van der Waals surface area (Å²) in [6.45, 7) is 0. The van der Waals surface area contributed by atoms with Crippen molar-refractivity contribution in [1.82, 2.24) is 4.98 Å². The molecule has 0 aliphatic heterocycles. The third-order valence-corrected chi connectivity index (χ3v) is 9.84. The number of nitrogens with one attached hydrogen (secondary N) is 3. The fourth-order valence-corrected chi connectivity index (χ4v) is 8.35. The Bertz CT molecular complexity index is 1300. The quantitative estimate of drug-likeness (QED) is 0.343. The molecular weight excluding hydrogens is 458 g/mol. The van der Waals surface area contributed by atoms with Crippen molar-refractivity contribution in [3.63, 3.8) is 0 Å². The normalized spacial score (nSPS) is 28.9. The summed E-state index contributed by atoms with van der Waals surface area (Å²) < 4.78 is 0. The average molecular weight is 496 g/mol. The van der Waals surface area contributed by atoms with E-state index >= 15 is 0 Å². The van der Waals surface area contributed by atoms with Crippen LogP contribution in [0.15, 0.2) is 48.5 Å². The molecule has 1 heterocycles. The summed E-state index contributed by atoms with van der Waals surface area (Å²) in [5.41, 5.74) is 4.72. The highest BCUT2D eigenvalue weighted by Crippen LogP contribution is 2.60. The van der Waals surface area contributed by atoms with Crippen LogP contribution in [0.5, 0.6) is 0 Å². The van der Waals surface area contributed by atoms with Crippen molar-refractivity contribution in [2.45, 2.75) is 70.6 Å². The van der Waals surface area contributed by atoms with Gasteiger partial charge in [-0.05, 0) is 105 Å². The number of hydrogen-bond donors (Lipinski definition) is 3. The molecule has 3 aromatic rings. The Morgan fingerprint density at radius 1 is 0.757 bits per heavy atom. The van der Waals surface area contributed by atoms with E-state index in [1.54, 1.807) is 0 Å². The van der Waals surface area contributed by atoms with Gasteiger partial charge in [-0.2, -0.15) is 0 Å². The van der Waals surface area contributed by atoms with Crippen LogP contribution in [-0.2, 0) is 9.59 Å². The van der Waals surface area contributed by atoms with Crippen LogP contribution in [0.1, 0.15) is 70.6 Å². The summed E-state index contributed by atoms with van der Waals surface area (Å²) in [6.07, 6.45) is 12.9. The van der Waals surface area contributed by atoms with Crippen molar-refractivity contribution in [2.24, 2.45) is 29.1 Å². The molecule has 3 N–H and O–H groups in total. The highest BCUT2D eigenvalue weighted by molar-refractivity contribution is 5.97. The van der Waals surface area contributed by atoms with Gasteiger partial charge in [0.1, 0.15) is 0 Å². The van der Waals surface area contributed by atoms with Crippen molar-refractivity contribution >= 4 is 34.1 Å². The highest BCUT2D eigenvalue weighted by atomic mass is 16.2. The number of benzene rings is 2. The number of hydrogen-bond acceptors (Lipinski definition) is 2. The number of anilines is 2. The average Bonchev–Trinajstić information content (AvgIpc) is 3.32. The second-order valence-corrected chi connectivity index (χ2v) is 12.5. The van der Waals surface area contributed by atoms with Crippen LogP contribution in [0.2, 0.25) is 0 Å². The number of amides is 2. The van der Waals surface area contributed by atoms with Crippen LogP contribution in [0.25, 0.3) is 22.2 Å². The van der Waals surface area contributed by atoms with Gasteiger partial charge in [0.15, 0.2) is 0 Å². The fraction of sp³-hybridized carbons (Fsp3) is 0.500. The first-order valence-electron chi connectivity index (χ1n) is 14.4. The first-order chi connectivity index (χ1) is 18.0. The van der Waals surface area contributed by atoms with Crippen LogP contribution in [0.3, 0.4) is 0 Å². The first kappa shape index (κ1) is 23.1. The lowest BCUT2D eigenvalue weighted by molar-refractivity contribution is -0.140. The zero-order chi connectivity index (χ0) is 25.0. The summed E-state index contributed by atoms with van der Waals surface area (Å²) >= 11 is 0. The summed E-state index contributed by atoms with van der Waals surface area (Å²) in [5.74, 6) is 2.84. The maximum absolute atomic E-state index is 13.4. The maximum atomic E-state index is 13.4. The van der Waals surface area contributed by atoms with Crippen LogP contribution in [0, 0.1) is 29.1 Å². The minimum absolute atomic E-state index is 0.130. The number of H-pyrrole nitrogens is 1. The van der Waals surface area contributed by atoms with Gasteiger partial charge in [-0.15, -0.1) is 0 Å². The summed E-state index contributed by atoms with van der Waals surface area (Å²) in [6, 6.07) is 16.4. The Balaban J connectivity index is 1.04. The SMILES string of the molecule is O=C(Nc1ccc2cc(-c3ccc(NC(=O)C45CC6CC(CC(C6)C4)C5)cc3)[nH]c2c1)C1CCCCC1. The number of aromatic nitrogens is 1. The molecule has 37 heavy (non-hydrogen) atoms. The maximum Gasteiger partial charge on any atom is 0.230 e. The Morgan fingerprint density at radius 3 is 2.08 bits per heavy atom. The Hall–Kier alpha value is -3.08. The third kappa shape index (κ3) is 4.36. The van der Waals surface area contributed by atoms with Crippen LogP contribution in [0.4, 0.5) is 11.4 Å². The fourth-order valence-electron chi connectivity index (χ4n) is 8.35. The van der Waals surface area contributed by atoms with Gasteiger partial charge in [0, 0.05) is 33.9 Å². The molecule has 5 fully saturated rings. The minimum Gasteiger partial charge on any atom is -0.354 e. The van der Waals surface area contributed by atoms with Crippen LogP contribution < -0.4 is 10.6 Å². The van der Waals surface area contributed by atoms with E-state index < -0.39 is 0 Å². The molecule has 0 radical (unpaired) electrons. The van der Waals surface area contributed by atoms with Gasteiger partial charge >= 0.3 is 0 Å². The Morgan fingerprint density at radius 2 is 1.41 bits per heavy atom. The van der Waals surface area contributed by atoms with Gasteiger partial charge in [0.2, 0.25) is 11.8 Å². The second-order valence-electron chi connectivity index (χ2n) is 12.5. The van der Waals surface area contributed by atoms with E-state index in [1.807, 2.05) is 24.3 Å². The standard InChI is InChI=1S/C32H37N3O2/c36-30(24-4-2-1-3-5-24)33-27-11-8-25-15-28(35-29(25)16-27)23-6-9-26(10-7-23)34-31(37)32-17-20-12-21(18-32)14-22(13-20)19-32/h6-11,15-16,20-22,24,35H,1-5,12-14,17-19H2,(H,33,36)(H,34,37). The molecule has 5 nitrogen and oxygen atoms in total. The lowest BCUT2D eigenvalue weighted by Gasteiger charge is -2.55. The van der Waals surface area contributed by atoms with Crippen molar-refractivity contribution in [1.29, 1.82) is 0 Å². The molecule has 5 saturated carbocycles. The summed E-state index contributed by atoms with van der Waals surface area (Å²) in [4.78, 5) is 29.6. The molecule has 5 aliphatic rings. The molecule has 5 aliphatic carbocycles. The smallest absolute Gasteiger partial charge is 0.230 e. The number of rotatable bonds is 5. The first-order valence-corrected chi connectivity index (χ1v) is 14.4. The largest absolute Gasteiger partial charge is 0.354 e. The van der Waals surface area contributed by atoms with Gasteiger partial charge in [-0.3, -0.25) is 9.59 Å². The number of carbonyl (C=O) groups is 2. The second kappa shape index (κ2) is 9.04. The molecule has 0 saturated heterocycles. The number of fused-ring (bicyclic) bond motifs is 1. The zero-order valence-corrected chi connectivity index (χ0v) is 21.5. The number of carbonyl (C=O) groups excluding carboxylic acids is 2. The van der Waals surface area contributed by atoms with E-state index in [9.17, 15) is 9.59 Å². The topological polar surface area (TPSA) is 74.0 Å². The zero-order valence-electron chi connectivity index (χ0n) is 21.5. The van der Waals surface area contributed by atoms with Gasteiger partial charge in [0.25, 0.3) is 0 Å². The monoisotopic (exact) mass is 495 g/mol. The van der Waals surface area contributed by atoms with E-state index in [2.05, 4.69) is 39.9 Å². The summed E-state index contributed by atoms with van der Waals surface area (Å²) in [7, 11) is 0. The predicted octanol–water partition coefficient (Wildman–Crippen LogP) is 7.51. The molecule has 0 spiro atoms. The van der Waals surface area contributed by atoms with Gasteiger partial charge < -0.3 is 15.6 Å². The van der Waals surface area contributed by atoms with Gasteiger partial charge in [-0.25, -0.2) is 0 Å². The van der Waals surface area contributed by atoms with E-state index in [0.29, 0.717) is 0 Å². The Labute approximate surface area is 218 Å². The molecule has 2 amide bonds. The lowest BCUT2D eigenvalue weighted by Crippen LogP contribution is -2.51. The van der Waals surface area contributed by atoms with Crippen LogP contribution in [-0.4, -0.2) is 16.8 Å². The molecule has 2 aromatic carbocycles. The predicted molar refractivity (Wildman–Crippen MR) is 148 cm³/mol. The van der Waals surface area contributed by atoms with Crippen molar-refractivity contribution in [3.05, 3.63) is 48.5 Å². The van der Waals surface area contributed by atoms with Gasteiger partial charge in [0.05, 0.1) is 5.41 Å². The van der Waals surface area contributed by atoms with Crippen molar-refractivity contribution < 1.29 is 9.59 Å². The van der Waals surface area contributed by atoms with Crippen molar-refractivity contribution in [3.8, 4) is 11.3 Å². The highest BCUT2D eigenvalue weighted by Gasteiger charge is 2.54. The van der Waals surface area contributed by atoms with Crippen molar-refractivity contribution in [2.75, 3.05) is 10.6 Å². The van der Waals surface area contributed by atoms with E-state index in [0.717, 1.165) is 96.2 Å². The number of aromatic amines is 1. The van der Waals surface area contributed by atoms with E-state index in [4.69, 9.17) is 0 Å². The summed E-state index contributed by atoms with van der Waals surface area (Å²) in [5, 5.41) is 7.51. The third-order valence-electron chi connectivity index (χ3n) is 9.84.